The Morgan fingerprint density at radius 2 is 2.06 bits per heavy atom. The van der Waals surface area contributed by atoms with Crippen molar-refractivity contribution < 1.29 is 9.47 Å². The van der Waals surface area contributed by atoms with Crippen molar-refractivity contribution in [2.24, 2.45) is 0 Å². The van der Waals surface area contributed by atoms with Crippen LogP contribution < -0.4 is 14.8 Å². The molecule has 2 N–H and O–H groups in total. The summed E-state index contributed by atoms with van der Waals surface area (Å²) in [4.78, 5) is 7.14. The molecule has 0 unspecified atom stereocenters. The molecule has 0 aliphatic rings. The van der Waals surface area contributed by atoms with Gasteiger partial charge in [0, 0.05) is 24.5 Å². The largest absolute Gasteiger partial charge is 0.495 e. The summed E-state index contributed by atoms with van der Waals surface area (Å²) in [5, 5.41) is 3.72. The Morgan fingerprint density at radius 3 is 2.67 bits per heavy atom. The van der Waals surface area contributed by atoms with Gasteiger partial charge in [0.2, 0.25) is 0 Å². The highest BCUT2D eigenvalue weighted by Gasteiger charge is 2.09. The molecule has 0 aliphatic carbocycles. The number of H-pyrrole nitrogens is 1. The monoisotopic (exact) mass is 267 g/mol. The van der Waals surface area contributed by atoms with Crippen LogP contribution in [0.15, 0.2) is 24.5 Å². The normalized spacial score (nSPS) is 10.2. The Balaban J connectivity index is 2.19. The number of hydrogen-bond donors (Lipinski definition) is 2. The van der Waals surface area contributed by atoms with Crippen molar-refractivity contribution in [2.45, 2.75) is 6.54 Å². The first-order valence-corrected chi connectivity index (χ1v) is 5.76. The number of rotatable bonds is 5. The van der Waals surface area contributed by atoms with Gasteiger partial charge in [-0.1, -0.05) is 11.6 Å². The molecule has 0 saturated carbocycles. The number of anilines is 1. The Morgan fingerprint density at radius 1 is 1.28 bits per heavy atom. The predicted molar refractivity (Wildman–Crippen MR) is 70.5 cm³/mol. The standard InChI is InChI=1S/C12H14ClN3O2/c1-17-10-6-9(11(18-2)5-8(10)13)16-7-12-14-3-4-15-12/h3-6,16H,7H2,1-2H3,(H,14,15). The number of imidazole rings is 1. The summed E-state index contributed by atoms with van der Waals surface area (Å²) in [6.45, 7) is 0.564. The maximum absolute atomic E-state index is 6.03. The van der Waals surface area contributed by atoms with Gasteiger partial charge >= 0.3 is 0 Å². The van der Waals surface area contributed by atoms with Gasteiger partial charge in [-0.2, -0.15) is 0 Å². The zero-order valence-electron chi connectivity index (χ0n) is 10.2. The second-order valence-corrected chi connectivity index (χ2v) is 3.98. The van der Waals surface area contributed by atoms with E-state index >= 15 is 0 Å². The molecular weight excluding hydrogens is 254 g/mol. The van der Waals surface area contributed by atoms with E-state index < -0.39 is 0 Å². The lowest BCUT2D eigenvalue weighted by molar-refractivity contribution is 0.404. The third kappa shape index (κ3) is 2.68. The van der Waals surface area contributed by atoms with Crippen molar-refractivity contribution >= 4 is 17.3 Å². The topological polar surface area (TPSA) is 59.2 Å². The molecule has 0 spiro atoms. The molecule has 1 aromatic carbocycles. The van der Waals surface area contributed by atoms with Gasteiger partial charge in [0.15, 0.2) is 0 Å². The first-order chi connectivity index (χ1) is 8.74. The highest BCUT2D eigenvalue weighted by atomic mass is 35.5. The summed E-state index contributed by atoms with van der Waals surface area (Å²) in [6, 6.07) is 3.51. The average Bonchev–Trinajstić information content (AvgIpc) is 2.90. The second kappa shape index (κ2) is 5.64. The van der Waals surface area contributed by atoms with Crippen LogP contribution in [0, 0.1) is 0 Å². The Hall–Kier alpha value is -1.88. The molecule has 0 saturated heterocycles. The number of benzene rings is 1. The number of nitrogens with one attached hydrogen (secondary N) is 2. The van der Waals surface area contributed by atoms with E-state index in [2.05, 4.69) is 15.3 Å². The molecule has 0 atom stereocenters. The van der Waals surface area contributed by atoms with Gasteiger partial charge in [-0.05, 0) is 0 Å². The minimum atomic E-state index is 0.512. The van der Waals surface area contributed by atoms with Gasteiger partial charge in [0.05, 0.1) is 31.5 Å². The van der Waals surface area contributed by atoms with E-state index in [0.29, 0.717) is 23.1 Å². The third-order valence-electron chi connectivity index (χ3n) is 2.48. The van der Waals surface area contributed by atoms with Crippen LogP contribution in [0.5, 0.6) is 11.5 Å². The summed E-state index contributed by atoms with van der Waals surface area (Å²) in [6.07, 6.45) is 3.48. The molecule has 2 aromatic rings. The van der Waals surface area contributed by atoms with Crippen LogP contribution in [0.3, 0.4) is 0 Å². The molecule has 1 aromatic heterocycles. The fraction of sp³-hybridized carbons (Fsp3) is 0.250. The molecule has 0 radical (unpaired) electrons. The van der Waals surface area contributed by atoms with Crippen molar-refractivity contribution in [1.82, 2.24) is 9.97 Å². The van der Waals surface area contributed by atoms with E-state index in [0.717, 1.165) is 11.5 Å². The SMILES string of the molecule is COc1cc(NCc2ncc[nH]2)c(OC)cc1Cl. The van der Waals surface area contributed by atoms with E-state index in [9.17, 15) is 0 Å². The molecule has 0 bridgehead atoms. The number of hydrogen-bond acceptors (Lipinski definition) is 4. The minimum absolute atomic E-state index is 0.512. The molecule has 0 fully saturated rings. The average molecular weight is 268 g/mol. The maximum atomic E-state index is 6.03. The molecule has 1 heterocycles. The minimum Gasteiger partial charge on any atom is -0.495 e. The molecule has 0 aliphatic heterocycles. The molecule has 6 heteroatoms. The molecule has 18 heavy (non-hydrogen) atoms. The van der Waals surface area contributed by atoms with E-state index in [1.807, 2.05) is 0 Å². The molecular formula is C12H14ClN3O2. The first kappa shape index (κ1) is 12.6. The van der Waals surface area contributed by atoms with Gasteiger partial charge in [-0.25, -0.2) is 4.98 Å². The second-order valence-electron chi connectivity index (χ2n) is 3.58. The first-order valence-electron chi connectivity index (χ1n) is 5.38. The Labute approximate surface area is 110 Å². The summed E-state index contributed by atoms with van der Waals surface area (Å²) in [7, 11) is 3.17. The van der Waals surface area contributed by atoms with Crippen molar-refractivity contribution in [1.29, 1.82) is 0 Å². The highest BCUT2D eigenvalue weighted by Crippen LogP contribution is 2.35. The summed E-state index contributed by atoms with van der Waals surface area (Å²) in [5.41, 5.74) is 0.801. The lowest BCUT2D eigenvalue weighted by Crippen LogP contribution is -2.03. The summed E-state index contributed by atoms with van der Waals surface area (Å²) in [5.74, 6) is 2.10. The molecule has 5 nitrogen and oxygen atoms in total. The number of halogens is 1. The zero-order valence-corrected chi connectivity index (χ0v) is 10.9. The lowest BCUT2D eigenvalue weighted by Gasteiger charge is -2.13. The van der Waals surface area contributed by atoms with Gasteiger partial charge in [-0.15, -0.1) is 0 Å². The van der Waals surface area contributed by atoms with Gasteiger partial charge in [0.1, 0.15) is 17.3 Å². The van der Waals surface area contributed by atoms with E-state index in [1.54, 1.807) is 38.7 Å². The predicted octanol–water partition coefficient (Wildman–Crippen LogP) is 2.69. The molecule has 2 rings (SSSR count). The highest BCUT2D eigenvalue weighted by molar-refractivity contribution is 6.32. The zero-order chi connectivity index (χ0) is 13.0. The quantitative estimate of drug-likeness (QED) is 0.874. The lowest BCUT2D eigenvalue weighted by atomic mass is 10.2. The third-order valence-corrected chi connectivity index (χ3v) is 2.77. The molecule has 0 amide bonds. The smallest absolute Gasteiger partial charge is 0.143 e. The number of ether oxygens (including phenoxy) is 2. The van der Waals surface area contributed by atoms with Gasteiger partial charge in [-0.3, -0.25) is 0 Å². The van der Waals surface area contributed by atoms with Crippen LogP contribution in [0.25, 0.3) is 0 Å². The van der Waals surface area contributed by atoms with E-state index in [-0.39, 0.29) is 0 Å². The maximum Gasteiger partial charge on any atom is 0.143 e. The van der Waals surface area contributed by atoms with Gasteiger partial charge in [0.25, 0.3) is 0 Å². The van der Waals surface area contributed by atoms with Crippen molar-refractivity contribution in [3.63, 3.8) is 0 Å². The van der Waals surface area contributed by atoms with Crippen LogP contribution in [0.1, 0.15) is 5.82 Å². The fourth-order valence-electron chi connectivity index (χ4n) is 1.57. The Kier molecular flexibility index (Phi) is 3.94. The summed E-state index contributed by atoms with van der Waals surface area (Å²) >= 11 is 6.03. The van der Waals surface area contributed by atoms with Crippen LogP contribution in [0.2, 0.25) is 5.02 Å². The fourth-order valence-corrected chi connectivity index (χ4v) is 1.80. The van der Waals surface area contributed by atoms with Crippen LogP contribution in [-0.4, -0.2) is 24.2 Å². The summed E-state index contributed by atoms with van der Waals surface area (Å²) < 4.78 is 10.4. The van der Waals surface area contributed by atoms with Crippen molar-refractivity contribution in [2.75, 3.05) is 19.5 Å². The van der Waals surface area contributed by atoms with E-state index in [1.165, 1.54) is 0 Å². The molecule has 96 valence electrons. The van der Waals surface area contributed by atoms with Crippen molar-refractivity contribution in [3.8, 4) is 11.5 Å². The Bertz CT molecular complexity index is 514. The number of nitrogens with zero attached hydrogens (tertiary/aromatic N) is 1. The van der Waals surface area contributed by atoms with E-state index in [4.69, 9.17) is 21.1 Å². The van der Waals surface area contributed by atoms with Gasteiger partial charge < -0.3 is 19.8 Å². The number of aromatic nitrogens is 2. The van der Waals surface area contributed by atoms with Crippen LogP contribution >= 0.6 is 11.6 Å². The number of methoxy groups -OCH3 is 2. The van der Waals surface area contributed by atoms with Crippen LogP contribution in [-0.2, 0) is 6.54 Å². The van der Waals surface area contributed by atoms with Crippen LogP contribution in [0.4, 0.5) is 5.69 Å². The van der Waals surface area contributed by atoms with Crippen molar-refractivity contribution in [3.05, 3.63) is 35.4 Å². The number of aromatic amines is 1.